The molecule has 0 aliphatic rings. The molecule has 0 radical (unpaired) electrons. The van der Waals surface area contributed by atoms with Crippen molar-refractivity contribution in [2.75, 3.05) is 13.2 Å². The zero-order valence-electron chi connectivity index (χ0n) is 11.0. The van der Waals surface area contributed by atoms with Crippen LogP contribution in [-0.2, 0) is 0 Å². The predicted molar refractivity (Wildman–Crippen MR) is 67.1 cm³/mol. The van der Waals surface area contributed by atoms with Crippen LogP contribution in [0.3, 0.4) is 0 Å². The highest BCUT2D eigenvalue weighted by atomic mass is 16.3. The molecule has 92 valence electrons. The Bertz CT molecular complexity index is 137. The van der Waals surface area contributed by atoms with Crippen molar-refractivity contribution < 1.29 is 5.11 Å². The fourth-order valence-electron chi connectivity index (χ4n) is 1.73. The summed E-state index contributed by atoms with van der Waals surface area (Å²) < 4.78 is 0. The highest BCUT2D eigenvalue weighted by molar-refractivity contribution is 4.77. The normalized spacial score (nSPS) is 15.6. The molecule has 1 atom stereocenters. The highest BCUT2D eigenvalue weighted by Crippen LogP contribution is 2.19. The zero-order valence-corrected chi connectivity index (χ0v) is 11.0. The second-order valence-corrected chi connectivity index (χ2v) is 4.98. The van der Waals surface area contributed by atoms with Gasteiger partial charge in [-0.25, -0.2) is 0 Å². The Kier molecular flexibility index (Phi) is 8.07. The van der Waals surface area contributed by atoms with Gasteiger partial charge in [-0.3, -0.25) is 0 Å². The molecule has 0 aromatic rings. The first-order valence-corrected chi connectivity index (χ1v) is 6.46. The van der Waals surface area contributed by atoms with Gasteiger partial charge in [0.1, 0.15) is 0 Å². The third kappa shape index (κ3) is 6.16. The first-order chi connectivity index (χ1) is 7.11. The van der Waals surface area contributed by atoms with Gasteiger partial charge in [-0.15, -0.1) is 0 Å². The molecule has 0 fully saturated rings. The molecule has 0 aliphatic heterocycles. The van der Waals surface area contributed by atoms with Gasteiger partial charge in [-0.05, 0) is 19.3 Å². The number of nitrogens with one attached hydrogen (secondary N) is 1. The number of rotatable bonds is 9. The van der Waals surface area contributed by atoms with E-state index in [9.17, 15) is 5.11 Å². The fraction of sp³-hybridized carbons (Fsp3) is 1.00. The third-order valence-electron chi connectivity index (χ3n) is 3.33. The summed E-state index contributed by atoms with van der Waals surface area (Å²) in [5, 5.41) is 12.9. The van der Waals surface area contributed by atoms with Crippen LogP contribution in [0.15, 0.2) is 0 Å². The molecule has 0 rings (SSSR count). The van der Waals surface area contributed by atoms with Crippen LogP contribution in [0.4, 0.5) is 0 Å². The van der Waals surface area contributed by atoms with Gasteiger partial charge >= 0.3 is 0 Å². The second kappa shape index (κ2) is 8.12. The quantitative estimate of drug-likeness (QED) is 0.620. The molecule has 2 nitrogen and oxygen atoms in total. The van der Waals surface area contributed by atoms with Gasteiger partial charge in [-0.2, -0.15) is 0 Å². The Morgan fingerprint density at radius 3 is 2.00 bits per heavy atom. The van der Waals surface area contributed by atoms with E-state index in [2.05, 4.69) is 33.0 Å². The summed E-state index contributed by atoms with van der Waals surface area (Å²) in [6, 6.07) is 0.637. The molecule has 0 aromatic carbocycles. The summed E-state index contributed by atoms with van der Waals surface area (Å²) in [5.74, 6) is 0. The molecular formula is C13H29NO. The molecule has 1 unspecified atom stereocenters. The molecule has 0 aromatic heterocycles. The largest absolute Gasteiger partial charge is 0.396 e. The van der Waals surface area contributed by atoms with E-state index in [1.54, 1.807) is 0 Å². The van der Waals surface area contributed by atoms with E-state index in [1.807, 2.05) is 0 Å². The molecule has 0 saturated carbocycles. The van der Waals surface area contributed by atoms with Gasteiger partial charge in [0.05, 0.1) is 0 Å². The minimum atomic E-state index is 0.0553. The Morgan fingerprint density at radius 1 is 1.13 bits per heavy atom. The number of hydrogen-bond acceptors (Lipinski definition) is 2. The summed E-state index contributed by atoms with van der Waals surface area (Å²) in [7, 11) is 0. The van der Waals surface area contributed by atoms with Crippen LogP contribution < -0.4 is 5.32 Å². The number of hydrogen-bond donors (Lipinski definition) is 2. The van der Waals surface area contributed by atoms with Crippen molar-refractivity contribution in [1.82, 2.24) is 5.32 Å². The van der Waals surface area contributed by atoms with Crippen LogP contribution in [0.1, 0.15) is 59.8 Å². The number of aliphatic hydroxyl groups is 1. The minimum absolute atomic E-state index is 0.0553. The minimum Gasteiger partial charge on any atom is -0.396 e. The van der Waals surface area contributed by atoms with Gasteiger partial charge in [-0.1, -0.05) is 40.5 Å². The standard InChI is InChI=1S/C13H29NO/c1-5-8-12(9-6-2)14-10-13(4,7-3)11-15/h12,14-15H,5-11H2,1-4H3. The van der Waals surface area contributed by atoms with Gasteiger partial charge in [0.2, 0.25) is 0 Å². The monoisotopic (exact) mass is 215 g/mol. The summed E-state index contributed by atoms with van der Waals surface area (Å²) in [4.78, 5) is 0. The van der Waals surface area contributed by atoms with E-state index in [0.29, 0.717) is 6.04 Å². The second-order valence-electron chi connectivity index (χ2n) is 4.98. The molecule has 2 heteroatoms. The lowest BCUT2D eigenvalue weighted by molar-refractivity contribution is 0.130. The molecule has 0 amide bonds. The molecule has 0 aliphatic carbocycles. The zero-order chi connectivity index (χ0) is 11.7. The maximum Gasteiger partial charge on any atom is 0.0496 e. The summed E-state index contributed by atoms with van der Waals surface area (Å²) in [5.41, 5.74) is 0.0553. The van der Waals surface area contributed by atoms with Gasteiger partial charge in [0.25, 0.3) is 0 Å². The smallest absolute Gasteiger partial charge is 0.0496 e. The van der Waals surface area contributed by atoms with E-state index < -0.39 is 0 Å². The molecular weight excluding hydrogens is 186 g/mol. The lowest BCUT2D eigenvalue weighted by Crippen LogP contribution is -2.40. The first-order valence-electron chi connectivity index (χ1n) is 6.46. The molecule has 2 N–H and O–H groups in total. The van der Waals surface area contributed by atoms with E-state index in [4.69, 9.17) is 0 Å². The highest BCUT2D eigenvalue weighted by Gasteiger charge is 2.21. The van der Waals surface area contributed by atoms with Crippen molar-refractivity contribution in [3.63, 3.8) is 0 Å². The van der Waals surface area contributed by atoms with E-state index in [0.717, 1.165) is 13.0 Å². The molecule has 0 spiro atoms. The van der Waals surface area contributed by atoms with Crippen molar-refractivity contribution in [2.24, 2.45) is 5.41 Å². The fourth-order valence-corrected chi connectivity index (χ4v) is 1.73. The summed E-state index contributed by atoms with van der Waals surface area (Å²) in [6.45, 7) is 9.97. The van der Waals surface area contributed by atoms with E-state index in [1.165, 1.54) is 25.7 Å². The molecule has 0 bridgehead atoms. The average Bonchev–Trinajstić information content (AvgIpc) is 2.26. The summed E-state index contributed by atoms with van der Waals surface area (Å²) >= 11 is 0. The lowest BCUT2D eigenvalue weighted by atomic mass is 9.88. The van der Waals surface area contributed by atoms with Crippen molar-refractivity contribution in [2.45, 2.75) is 65.8 Å². The third-order valence-corrected chi connectivity index (χ3v) is 3.33. The van der Waals surface area contributed by atoms with Crippen molar-refractivity contribution in [3.05, 3.63) is 0 Å². The SMILES string of the molecule is CCCC(CCC)NCC(C)(CC)CO. The molecule has 15 heavy (non-hydrogen) atoms. The van der Waals surface area contributed by atoms with Crippen molar-refractivity contribution >= 4 is 0 Å². The maximum atomic E-state index is 9.32. The van der Waals surface area contributed by atoms with Gasteiger partial charge in [0.15, 0.2) is 0 Å². The Morgan fingerprint density at radius 2 is 1.67 bits per heavy atom. The van der Waals surface area contributed by atoms with Crippen LogP contribution in [-0.4, -0.2) is 24.3 Å². The van der Waals surface area contributed by atoms with Crippen LogP contribution in [0.5, 0.6) is 0 Å². The van der Waals surface area contributed by atoms with E-state index in [-0.39, 0.29) is 12.0 Å². The predicted octanol–water partition coefficient (Wildman–Crippen LogP) is 2.95. The van der Waals surface area contributed by atoms with Crippen molar-refractivity contribution in [3.8, 4) is 0 Å². The van der Waals surface area contributed by atoms with Crippen LogP contribution in [0.25, 0.3) is 0 Å². The van der Waals surface area contributed by atoms with Crippen molar-refractivity contribution in [1.29, 1.82) is 0 Å². The Balaban J connectivity index is 3.95. The Hall–Kier alpha value is -0.0800. The summed E-state index contributed by atoms with van der Waals surface area (Å²) in [6.07, 6.45) is 6.00. The van der Waals surface area contributed by atoms with Crippen LogP contribution >= 0.6 is 0 Å². The van der Waals surface area contributed by atoms with Gasteiger partial charge in [0, 0.05) is 24.6 Å². The number of aliphatic hydroxyl groups excluding tert-OH is 1. The molecule has 0 heterocycles. The Labute approximate surface area is 95.5 Å². The first kappa shape index (κ1) is 14.9. The molecule has 0 saturated heterocycles. The van der Waals surface area contributed by atoms with Gasteiger partial charge < -0.3 is 10.4 Å². The van der Waals surface area contributed by atoms with E-state index >= 15 is 0 Å². The lowest BCUT2D eigenvalue weighted by Gasteiger charge is -2.29. The average molecular weight is 215 g/mol. The maximum absolute atomic E-state index is 9.32. The van der Waals surface area contributed by atoms with Crippen LogP contribution in [0.2, 0.25) is 0 Å². The van der Waals surface area contributed by atoms with Crippen LogP contribution in [0, 0.1) is 5.41 Å². The topological polar surface area (TPSA) is 32.3 Å².